The average Bonchev–Trinajstić information content (AvgIpc) is 3.29. The molecule has 3 aliphatic rings. The van der Waals surface area contributed by atoms with E-state index in [1.165, 1.54) is 0 Å². The molecule has 2 aromatic carbocycles. The molecule has 0 amide bonds. The van der Waals surface area contributed by atoms with E-state index >= 15 is 0 Å². The molecule has 2 saturated heterocycles. The highest BCUT2D eigenvalue weighted by Gasteiger charge is 2.71. The SMILES string of the molecule is CC1(C)O[C@@H]2[C@H](O1)[C@@H](O)[C@@](O)(OP(=O)(c1ccccc1)c1ccccc1)[C@H]1OC(C)(C)O[C@@H]21. The number of rotatable bonds is 4. The summed E-state index contributed by atoms with van der Waals surface area (Å²) in [6.45, 7) is 6.82. The van der Waals surface area contributed by atoms with Crippen LogP contribution in [0.5, 0.6) is 0 Å². The quantitative estimate of drug-likeness (QED) is 0.511. The molecule has 178 valence electrons. The molecule has 2 N–H and O–H groups in total. The maximum atomic E-state index is 14.5. The summed E-state index contributed by atoms with van der Waals surface area (Å²) in [5.41, 5.74) is 0. The number of benzene rings is 2. The molecule has 33 heavy (non-hydrogen) atoms. The van der Waals surface area contributed by atoms with Gasteiger partial charge in [0.25, 0.3) is 7.37 Å². The molecule has 0 bridgehead atoms. The van der Waals surface area contributed by atoms with Crippen molar-refractivity contribution in [3.05, 3.63) is 60.7 Å². The highest BCUT2D eigenvalue weighted by Crippen LogP contribution is 2.55. The minimum absolute atomic E-state index is 0.373. The standard InChI is InChI=1S/C24H29O8P/c1-22(2)28-17-18(29-22)20(25)24(26,21-19(17)30-23(3,4)31-21)32-33(27,15-11-7-5-8-12-15)16-13-9-6-10-14-16/h5-14,17-21,25-26H,1-4H3/t17-,18+,19+,20-,21+,24-/m1/s1. The van der Waals surface area contributed by atoms with Crippen molar-refractivity contribution in [2.75, 3.05) is 0 Å². The van der Waals surface area contributed by atoms with Gasteiger partial charge in [0, 0.05) is 10.6 Å². The Morgan fingerprint density at radius 2 is 1.21 bits per heavy atom. The lowest BCUT2D eigenvalue weighted by molar-refractivity contribution is -0.304. The van der Waals surface area contributed by atoms with E-state index in [9.17, 15) is 14.8 Å². The Morgan fingerprint density at radius 1 is 0.758 bits per heavy atom. The van der Waals surface area contributed by atoms with E-state index in [1.54, 1.807) is 88.4 Å². The average molecular weight is 476 g/mol. The Kier molecular flexibility index (Phi) is 5.40. The zero-order valence-corrected chi connectivity index (χ0v) is 19.8. The van der Waals surface area contributed by atoms with E-state index in [0.717, 1.165) is 0 Å². The minimum atomic E-state index is -3.90. The van der Waals surface area contributed by atoms with E-state index in [0.29, 0.717) is 10.6 Å². The predicted octanol–water partition coefficient (Wildman–Crippen LogP) is 2.04. The van der Waals surface area contributed by atoms with Gasteiger partial charge in [-0.1, -0.05) is 36.4 Å². The van der Waals surface area contributed by atoms with E-state index in [-0.39, 0.29) is 0 Å². The van der Waals surface area contributed by atoms with Crippen molar-refractivity contribution in [3.63, 3.8) is 0 Å². The summed E-state index contributed by atoms with van der Waals surface area (Å²) >= 11 is 0. The monoisotopic (exact) mass is 476 g/mol. The zero-order chi connectivity index (χ0) is 23.6. The van der Waals surface area contributed by atoms with Crippen molar-refractivity contribution in [1.82, 2.24) is 0 Å². The lowest BCUT2D eigenvalue weighted by Gasteiger charge is -2.47. The number of aliphatic hydroxyl groups excluding tert-OH is 1. The van der Waals surface area contributed by atoms with Gasteiger partial charge in [0.05, 0.1) is 0 Å². The van der Waals surface area contributed by atoms with Gasteiger partial charge in [-0.15, -0.1) is 0 Å². The molecular formula is C24H29O8P. The number of ether oxygens (including phenoxy) is 4. The molecule has 1 aliphatic carbocycles. The Hall–Kier alpha value is -1.61. The van der Waals surface area contributed by atoms with Crippen molar-refractivity contribution < 1.29 is 38.2 Å². The van der Waals surface area contributed by atoms with Gasteiger partial charge >= 0.3 is 0 Å². The summed E-state index contributed by atoms with van der Waals surface area (Å²) in [6.07, 6.45) is -5.31. The van der Waals surface area contributed by atoms with Crippen LogP contribution in [0.4, 0.5) is 0 Å². The van der Waals surface area contributed by atoms with Crippen LogP contribution < -0.4 is 10.6 Å². The van der Waals surface area contributed by atoms with Gasteiger partial charge in [0.2, 0.25) is 5.79 Å². The van der Waals surface area contributed by atoms with Gasteiger partial charge in [-0.3, -0.25) is 9.09 Å². The van der Waals surface area contributed by atoms with Gasteiger partial charge in [-0.25, -0.2) is 0 Å². The summed E-state index contributed by atoms with van der Waals surface area (Å²) in [5, 5.41) is 24.0. The van der Waals surface area contributed by atoms with Crippen LogP contribution in [0.1, 0.15) is 27.7 Å². The van der Waals surface area contributed by atoms with Crippen LogP contribution in [0.3, 0.4) is 0 Å². The Labute approximate surface area is 192 Å². The molecule has 2 heterocycles. The van der Waals surface area contributed by atoms with Gasteiger partial charge in [-0.2, -0.15) is 0 Å². The first kappa shape index (κ1) is 23.1. The largest absolute Gasteiger partial charge is 0.385 e. The van der Waals surface area contributed by atoms with Crippen molar-refractivity contribution in [2.45, 2.75) is 75.6 Å². The van der Waals surface area contributed by atoms with Crippen LogP contribution in [-0.2, 0) is 28.0 Å². The molecule has 0 unspecified atom stereocenters. The second-order valence-electron chi connectivity index (χ2n) is 9.60. The zero-order valence-electron chi connectivity index (χ0n) is 19.0. The molecule has 5 rings (SSSR count). The number of hydrogen-bond donors (Lipinski definition) is 2. The molecule has 2 aromatic rings. The third kappa shape index (κ3) is 3.79. The number of aliphatic hydroxyl groups is 2. The van der Waals surface area contributed by atoms with Crippen LogP contribution in [0.25, 0.3) is 0 Å². The van der Waals surface area contributed by atoms with Crippen molar-refractivity contribution in [1.29, 1.82) is 0 Å². The molecule has 0 aromatic heterocycles. The van der Waals surface area contributed by atoms with E-state index in [4.69, 9.17) is 23.5 Å². The summed E-state index contributed by atoms with van der Waals surface area (Å²) in [4.78, 5) is 0. The van der Waals surface area contributed by atoms with Gasteiger partial charge in [-0.05, 0) is 52.0 Å². The fourth-order valence-electron chi connectivity index (χ4n) is 4.88. The molecule has 6 atom stereocenters. The second kappa shape index (κ2) is 7.70. The highest BCUT2D eigenvalue weighted by molar-refractivity contribution is 7.74. The topological polar surface area (TPSA) is 104 Å². The third-order valence-electron chi connectivity index (χ3n) is 6.23. The summed E-state index contributed by atoms with van der Waals surface area (Å²) in [7, 11) is -3.90. The first-order valence-electron chi connectivity index (χ1n) is 11.0. The van der Waals surface area contributed by atoms with E-state index in [1.807, 2.05) is 0 Å². The summed E-state index contributed by atoms with van der Waals surface area (Å²) in [5.74, 6) is -4.53. The van der Waals surface area contributed by atoms with Crippen molar-refractivity contribution >= 4 is 18.0 Å². The lowest BCUT2D eigenvalue weighted by atomic mass is 9.82. The van der Waals surface area contributed by atoms with Crippen LogP contribution in [-0.4, -0.2) is 58.1 Å². The van der Waals surface area contributed by atoms with Crippen molar-refractivity contribution in [2.24, 2.45) is 0 Å². The molecule has 9 heteroatoms. The second-order valence-corrected chi connectivity index (χ2v) is 11.9. The highest BCUT2D eigenvalue weighted by atomic mass is 31.2. The molecule has 1 saturated carbocycles. The van der Waals surface area contributed by atoms with Crippen LogP contribution in [0.2, 0.25) is 0 Å². The minimum Gasteiger partial charge on any atom is -0.385 e. The fraction of sp³-hybridized carbons (Fsp3) is 0.500. The Balaban J connectivity index is 1.62. The smallest absolute Gasteiger partial charge is 0.263 e. The van der Waals surface area contributed by atoms with Gasteiger partial charge < -0.3 is 29.2 Å². The maximum absolute atomic E-state index is 14.5. The predicted molar refractivity (Wildman–Crippen MR) is 119 cm³/mol. The summed E-state index contributed by atoms with van der Waals surface area (Å²) < 4.78 is 44.7. The fourth-order valence-corrected chi connectivity index (χ4v) is 7.15. The summed E-state index contributed by atoms with van der Waals surface area (Å²) in [6, 6.07) is 17.2. The number of fused-ring (bicyclic) bond motifs is 3. The Morgan fingerprint density at radius 3 is 1.76 bits per heavy atom. The van der Waals surface area contributed by atoms with Gasteiger partial charge in [0.1, 0.15) is 30.5 Å². The maximum Gasteiger partial charge on any atom is 0.263 e. The lowest BCUT2D eigenvalue weighted by Crippen LogP contribution is -2.70. The van der Waals surface area contributed by atoms with Crippen LogP contribution in [0, 0.1) is 0 Å². The molecule has 0 spiro atoms. The van der Waals surface area contributed by atoms with Crippen molar-refractivity contribution in [3.8, 4) is 0 Å². The normalized spacial score (nSPS) is 36.8. The Bertz CT molecular complexity index is 1020. The molecule has 2 aliphatic heterocycles. The first-order chi connectivity index (χ1) is 15.5. The van der Waals surface area contributed by atoms with Crippen LogP contribution >= 0.6 is 7.37 Å². The van der Waals surface area contributed by atoms with E-state index < -0.39 is 55.2 Å². The molecule has 0 radical (unpaired) electrons. The molecule has 8 nitrogen and oxygen atoms in total. The first-order valence-corrected chi connectivity index (χ1v) is 12.6. The third-order valence-corrected chi connectivity index (χ3v) is 8.73. The van der Waals surface area contributed by atoms with Crippen LogP contribution in [0.15, 0.2) is 60.7 Å². The van der Waals surface area contributed by atoms with Gasteiger partial charge in [0.15, 0.2) is 11.6 Å². The van der Waals surface area contributed by atoms with E-state index in [2.05, 4.69) is 0 Å². The molecular weight excluding hydrogens is 447 g/mol. The molecule has 3 fully saturated rings. The number of hydrogen-bond acceptors (Lipinski definition) is 8.